The molecule has 0 aliphatic heterocycles. The van der Waals surface area contributed by atoms with Crippen molar-refractivity contribution < 1.29 is 18.4 Å². The van der Waals surface area contributed by atoms with Crippen LogP contribution in [0.4, 0.5) is 14.5 Å². The van der Waals surface area contributed by atoms with E-state index in [0.29, 0.717) is 6.29 Å². The van der Waals surface area contributed by atoms with Crippen LogP contribution < -0.4 is 10.6 Å². The fraction of sp³-hybridized carbons (Fsp3) is 0.467. The van der Waals surface area contributed by atoms with Gasteiger partial charge in [-0.25, -0.2) is 8.78 Å². The van der Waals surface area contributed by atoms with Crippen LogP contribution >= 0.6 is 0 Å². The molecule has 1 atom stereocenters. The van der Waals surface area contributed by atoms with Gasteiger partial charge in [0.1, 0.15) is 24.0 Å². The molecule has 0 bridgehead atoms. The minimum Gasteiger partial charge on any atom is -0.374 e. The normalized spacial score (nSPS) is 12.1. The van der Waals surface area contributed by atoms with E-state index in [9.17, 15) is 18.4 Å². The molecule has 0 fully saturated rings. The molecule has 0 saturated carbocycles. The van der Waals surface area contributed by atoms with E-state index in [1.807, 2.05) is 0 Å². The third kappa shape index (κ3) is 4.51. The highest BCUT2D eigenvalue weighted by molar-refractivity contribution is 5.84. The molecule has 1 unspecified atom stereocenters. The molecule has 1 aromatic rings. The second-order valence-corrected chi connectivity index (χ2v) is 5.06. The Bertz CT molecular complexity index is 495. The Labute approximate surface area is 122 Å². The molecule has 21 heavy (non-hydrogen) atoms. The lowest BCUT2D eigenvalue weighted by atomic mass is 10.0. The van der Waals surface area contributed by atoms with Gasteiger partial charge >= 0.3 is 0 Å². The van der Waals surface area contributed by atoms with Crippen LogP contribution in [-0.2, 0) is 9.59 Å². The fourth-order valence-electron chi connectivity index (χ4n) is 2.10. The maximum absolute atomic E-state index is 13.9. The van der Waals surface area contributed by atoms with Gasteiger partial charge in [-0.05, 0) is 24.5 Å². The molecule has 0 spiro atoms. The molecule has 4 nitrogen and oxygen atoms in total. The first-order valence-corrected chi connectivity index (χ1v) is 6.81. The molecular formula is C15H20F2N2O2. The lowest BCUT2D eigenvalue weighted by Gasteiger charge is -2.19. The zero-order valence-corrected chi connectivity index (χ0v) is 12.4. The number of likely N-dealkylation sites (N-methyl/N-ethyl adjacent to an activating group) is 1. The number of carbonyl (C=O) groups is 2. The van der Waals surface area contributed by atoms with Crippen molar-refractivity contribution in [3.8, 4) is 0 Å². The molecule has 6 heteroatoms. The first-order chi connectivity index (χ1) is 9.90. The van der Waals surface area contributed by atoms with E-state index in [2.05, 4.69) is 10.6 Å². The molecule has 2 N–H and O–H groups in total. The second kappa shape index (κ2) is 7.71. The molecule has 1 rings (SSSR count). The zero-order valence-electron chi connectivity index (χ0n) is 12.4. The molecule has 1 amide bonds. The summed E-state index contributed by atoms with van der Waals surface area (Å²) in [6, 6.07) is 1.61. The monoisotopic (exact) mass is 298 g/mol. The Morgan fingerprint density at radius 1 is 1.29 bits per heavy atom. The van der Waals surface area contributed by atoms with Gasteiger partial charge < -0.3 is 15.4 Å². The second-order valence-electron chi connectivity index (χ2n) is 5.06. The van der Waals surface area contributed by atoms with Crippen LogP contribution in [-0.4, -0.2) is 25.3 Å². The molecule has 0 aliphatic rings. The fourth-order valence-corrected chi connectivity index (χ4v) is 2.10. The average Bonchev–Trinajstić information content (AvgIpc) is 2.41. The number of anilines is 1. The smallest absolute Gasteiger partial charge is 0.242 e. The molecule has 0 saturated heterocycles. The summed E-state index contributed by atoms with van der Waals surface area (Å²) in [5.41, 5.74) is 0.193. The number of benzene rings is 1. The van der Waals surface area contributed by atoms with E-state index >= 15 is 0 Å². The summed E-state index contributed by atoms with van der Waals surface area (Å²) in [4.78, 5) is 22.1. The number of hydrogen-bond donors (Lipinski definition) is 2. The number of aldehydes is 1. The molecule has 0 radical (unpaired) electrons. The summed E-state index contributed by atoms with van der Waals surface area (Å²) in [6.45, 7) is 3.40. The Balaban J connectivity index is 2.99. The number of halogens is 2. The Morgan fingerprint density at radius 3 is 2.29 bits per heavy atom. The Hall–Kier alpha value is -1.98. The summed E-state index contributed by atoms with van der Waals surface area (Å²) < 4.78 is 27.8. The van der Waals surface area contributed by atoms with E-state index in [0.717, 1.165) is 12.1 Å². The first kappa shape index (κ1) is 17.1. The van der Waals surface area contributed by atoms with Gasteiger partial charge in [-0.1, -0.05) is 13.8 Å². The van der Waals surface area contributed by atoms with Crippen LogP contribution in [0.1, 0.15) is 38.2 Å². The maximum atomic E-state index is 13.9. The largest absolute Gasteiger partial charge is 0.374 e. The van der Waals surface area contributed by atoms with Crippen LogP contribution in [0.15, 0.2) is 12.1 Å². The van der Waals surface area contributed by atoms with Gasteiger partial charge in [-0.3, -0.25) is 4.79 Å². The lowest BCUT2D eigenvalue weighted by Crippen LogP contribution is -2.37. The molecule has 116 valence electrons. The number of nitrogens with one attached hydrogen (secondary N) is 2. The minimum absolute atomic E-state index is 0.0185. The van der Waals surface area contributed by atoms with Crippen molar-refractivity contribution in [2.75, 3.05) is 12.4 Å². The van der Waals surface area contributed by atoms with Crippen molar-refractivity contribution in [3.05, 3.63) is 29.3 Å². The lowest BCUT2D eigenvalue weighted by molar-refractivity contribution is -0.121. The van der Waals surface area contributed by atoms with E-state index < -0.39 is 17.7 Å². The van der Waals surface area contributed by atoms with Gasteiger partial charge in [0.15, 0.2) is 0 Å². The quantitative estimate of drug-likeness (QED) is 0.761. The van der Waals surface area contributed by atoms with Gasteiger partial charge in [-0.2, -0.15) is 0 Å². The highest BCUT2D eigenvalue weighted by Gasteiger charge is 2.19. The highest BCUT2D eigenvalue weighted by atomic mass is 19.1. The molecule has 1 aromatic carbocycles. The number of carbonyl (C=O) groups excluding carboxylic acids is 2. The predicted octanol–water partition coefficient (Wildman–Crippen LogP) is 2.59. The maximum Gasteiger partial charge on any atom is 0.242 e. The average molecular weight is 298 g/mol. The standard InChI is InChI=1S/C15H20F2N2O2/c1-9(2)14-11(16)7-10(8-12(14)17)19-13(5-4-6-20)15(21)18-3/h6-9,13,19H,4-5H2,1-3H3,(H,18,21). The van der Waals surface area contributed by atoms with Gasteiger partial charge in [-0.15, -0.1) is 0 Å². The number of hydrogen-bond acceptors (Lipinski definition) is 3. The summed E-state index contributed by atoms with van der Waals surface area (Å²) in [7, 11) is 1.46. The molecular weight excluding hydrogens is 278 g/mol. The van der Waals surface area contributed by atoms with E-state index in [1.165, 1.54) is 7.05 Å². The predicted molar refractivity (Wildman–Crippen MR) is 77.2 cm³/mol. The van der Waals surface area contributed by atoms with Crippen molar-refractivity contribution in [2.45, 2.75) is 38.6 Å². The van der Waals surface area contributed by atoms with E-state index in [-0.39, 0.29) is 35.9 Å². The van der Waals surface area contributed by atoms with Crippen LogP contribution in [0.5, 0.6) is 0 Å². The van der Waals surface area contributed by atoms with Gasteiger partial charge in [0, 0.05) is 24.7 Å². The van der Waals surface area contributed by atoms with Crippen molar-refractivity contribution in [1.29, 1.82) is 0 Å². The van der Waals surface area contributed by atoms with Crippen LogP contribution in [0.25, 0.3) is 0 Å². The number of rotatable bonds is 7. The summed E-state index contributed by atoms with van der Waals surface area (Å²) in [6.07, 6.45) is 1.12. The van der Waals surface area contributed by atoms with Crippen LogP contribution in [0.2, 0.25) is 0 Å². The summed E-state index contributed by atoms with van der Waals surface area (Å²) in [5.74, 6) is -1.92. The highest BCUT2D eigenvalue weighted by Crippen LogP contribution is 2.26. The molecule has 0 heterocycles. The topological polar surface area (TPSA) is 58.2 Å². The minimum atomic E-state index is -0.719. The zero-order chi connectivity index (χ0) is 16.0. The molecule has 0 aliphatic carbocycles. The Morgan fingerprint density at radius 2 is 1.86 bits per heavy atom. The van der Waals surface area contributed by atoms with E-state index in [1.54, 1.807) is 13.8 Å². The van der Waals surface area contributed by atoms with Gasteiger partial charge in [0.25, 0.3) is 0 Å². The number of amides is 1. The Kier molecular flexibility index (Phi) is 6.27. The molecule has 0 aromatic heterocycles. The van der Waals surface area contributed by atoms with Crippen molar-refractivity contribution in [2.24, 2.45) is 0 Å². The SMILES string of the molecule is CNC(=O)C(CCC=O)Nc1cc(F)c(C(C)C)c(F)c1. The third-order valence-corrected chi connectivity index (χ3v) is 3.13. The van der Waals surface area contributed by atoms with Gasteiger partial charge in [0.05, 0.1) is 0 Å². The van der Waals surface area contributed by atoms with Crippen molar-refractivity contribution in [1.82, 2.24) is 5.32 Å². The van der Waals surface area contributed by atoms with Crippen LogP contribution in [0, 0.1) is 11.6 Å². The third-order valence-electron chi connectivity index (χ3n) is 3.13. The van der Waals surface area contributed by atoms with Crippen molar-refractivity contribution in [3.63, 3.8) is 0 Å². The van der Waals surface area contributed by atoms with Crippen molar-refractivity contribution >= 4 is 17.9 Å². The summed E-state index contributed by atoms with van der Waals surface area (Å²) in [5, 5.41) is 5.21. The van der Waals surface area contributed by atoms with Gasteiger partial charge in [0.2, 0.25) is 5.91 Å². The first-order valence-electron chi connectivity index (χ1n) is 6.81. The van der Waals surface area contributed by atoms with E-state index in [4.69, 9.17) is 0 Å². The van der Waals surface area contributed by atoms with Crippen LogP contribution in [0.3, 0.4) is 0 Å². The summed E-state index contributed by atoms with van der Waals surface area (Å²) >= 11 is 0.